The number of carbonyl (C=O) groups is 1. The summed E-state index contributed by atoms with van der Waals surface area (Å²) in [5, 5.41) is 19.7. The first-order valence-corrected chi connectivity index (χ1v) is 6.22. The summed E-state index contributed by atoms with van der Waals surface area (Å²) < 4.78 is 5.08. The van der Waals surface area contributed by atoms with E-state index in [1.807, 2.05) is 6.07 Å². The Balaban J connectivity index is 2.18. The number of carbonyl (C=O) groups excluding carboxylic acids is 1. The fourth-order valence-electron chi connectivity index (χ4n) is 1.81. The van der Waals surface area contributed by atoms with Crippen molar-refractivity contribution in [1.29, 1.82) is 5.26 Å². The quantitative estimate of drug-likeness (QED) is 0.400. The molecule has 0 fully saturated rings. The Morgan fingerprint density at radius 1 is 1.32 bits per heavy atom. The van der Waals surface area contributed by atoms with E-state index in [4.69, 9.17) is 15.7 Å². The number of rotatable bonds is 4. The minimum absolute atomic E-state index is 0.0800. The molecule has 0 amide bonds. The zero-order valence-electron chi connectivity index (χ0n) is 11.4. The van der Waals surface area contributed by atoms with E-state index in [9.17, 15) is 14.9 Å². The third-order valence-electron chi connectivity index (χ3n) is 2.96. The summed E-state index contributed by atoms with van der Waals surface area (Å²) in [6, 6.07) is 12.2. The van der Waals surface area contributed by atoms with E-state index in [-0.39, 0.29) is 23.5 Å². The Hall–Kier alpha value is -3.40. The van der Waals surface area contributed by atoms with Gasteiger partial charge in [0, 0.05) is 23.4 Å². The monoisotopic (exact) mass is 297 g/mol. The van der Waals surface area contributed by atoms with Crippen molar-refractivity contribution in [3.8, 4) is 6.07 Å². The Kier molecular flexibility index (Phi) is 4.34. The number of hydrogen-bond donors (Lipinski definition) is 1. The first kappa shape index (κ1) is 15.0. The van der Waals surface area contributed by atoms with Gasteiger partial charge in [0.25, 0.3) is 5.69 Å². The van der Waals surface area contributed by atoms with Gasteiger partial charge in [0.2, 0.25) is 0 Å². The van der Waals surface area contributed by atoms with Crippen LogP contribution in [0.1, 0.15) is 21.5 Å². The molecule has 0 atom stereocenters. The molecule has 110 valence electrons. The number of non-ortho nitro benzene ring substituents is 1. The number of nitrogens with zero attached hydrogens (tertiary/aromatic N) is 2. The normalized spacial score (nSPS) is 9.77. The van der Waals surface area contributed by atoms with Crippen LogP contribution in [-0.2, 0) is 11.3 Å². The Morgan fingerprint density at radius 3 is 2.73 bits per heavy atom. The van der Waals surface area contributed by atoms with Gasteiger partial charge in [-0.25, -0.2) is 4.79 Å². The van der Waals surface area contributed by atoms with E-state index in [0.29, 0.717) is 11.1 Å². The maximum absolute atomic E-state index is 12.0. The summed E-state index contributed by atoms with van der Waals surface area (Å²) in [6.45, 7) is -0.120. The average Bonchev–Trinajstić information content (AvgIpc) is 2.53. The molecule has 0 saturated carbocycles. The molecular weight excluding hydrogens is 286 g/mol. The van der Waals surface area contributed by atoms with E-state index in [1.54, 1.807) is 24.3 Å². The maximum atomic E-state index is 12.0. The maximum Gasteiger partial charge on any atom is 0.340 e. The van der Waals surface area contributed by atoms with E-state index in [2.05, 4.69) is 0 Å². The second-order valence-corrected chi connectivity index (χ2v) is 4.37. The number of nitriles is 1. The average molecular weight is 297 g/mol. The summed E-state index contributed by atoms with van der Waals surface area (Å²) in [6.07, 6.45) is 0. The minimum atomic E-state index is -0.783. The predicted molar refractivity (Wildman–Crippen MR) is 77.8 cm³/mol. The Labute approximate surface area is 125 Å². The standard InChI is InChI=1S/C15H11N3O4/c16-8-10-3-1-2-4-11(10)9-22-15(19)13-7-12(18(20)21)5-6-14(13)17/h1-7H,9,17H2. The number of nitrogen functional groups attached to an aromatic ring is 1. The summed E-state index contributed by atoms with van der Waals surface area (Å²) in [4.78, 5) is 22.1. The van der Waals surface area contributed by atoms with Gasteiger partial charge in [0.05, 0.1) is 22.1 Å². The number of nitro benzene ring substituents is 1. The molecule has 2 N–H and O–H groups in total. The molecule has 0 aliphatic carbocycles. The zero-order valence-corrected chi connectivity index (χ0v) is 11.4. The SMILES string of the molecule is N#Cc1ccccc1COC(=O)c1cc([N+](=O)[O-])ccc1N. The first-order chi connectivity index (χ1) is 10.5. The fraction of sp³-hybridized carbons (Fsp3) is 0.0667. The van der Waals surface area contributed by atoms with Gasteiger partial charge in [0.15, 0.2) is 0 Å². The van der Waals surface area contributed by atoms with Crippen molar-refractivity contribution in [1.82, 2.24) is 0 Å². The number of anilines is 1. The van der Waals surface area contributed by atoms with Gasteiger partial charge in [0.1, 0.15) is 6.61 Å². The van der Waals surface area contributed by atoms with Crippen molar-refractivity contribution in [2.24, 2.45) is 0 Å². The van der Waals surface area contributed by atoms with Crippen molar-refractivity contribution in [2.45, 2.75) is 6.61 Å². The van der Waals surface area contributed by atoms with Gasteiger partial charge in [-0.05, 0) is 12.1 Å². The molecular formula is C15H11N3O4. The molecule has 0 bridgehead atoms. The number of benzene rings is 2. The molecule has 0 heterocycles. The number of hydrogen-bond acceptors (Lipinski definition) is 6. The number of nitrogens with two attached hydrogens (primary N) is 1. The summed E-state index contributed by atoms with van der Waals surface area (Å²) in [7, 11) is 0. The van der Waals surface area contributed by atoms with Gasteiger partial charge in [-0.15, -0.1) is 0 Å². The van der Waals surface area contributed by atoms with Crippen molar-refractivity contribution in [3.05, 3.63) is 69.3 Å². The van der Waals surface area contributed by atoms with Crippen LogP contribution in [0, 0.1) is 21.4 Å². The van der Waals surface area contributed by atoms with Gasteiger partial charge in [-0.1, -0.05) is 18.2 Å². The lowest BCUT2D eigenvalue weighted by atomic mass is 10.1. The molecule has 7 heteroatoms. The van der Waals surface area contributed by atoms with Crippen molar-refractivity contribution >= 4 is 17.3 Å². The van der Waals surface area contributed by atoms with Gasteiger partial charge < -0.3 is 10.5 Å². The molecule has 0 spiro atoms. The van der Waals surface area contributed by atoms with Crippen LogP contribution in [-0.4, -0.2) is 10.9 Å². The second-order valence-electron chi connectivity index (χ2n) is 4.37. The van der Waals surface area contributed by atoms with Crippen LogP contribution in [0.4, 0.5) is 11.4 Å². The molecule has 0 unspecified atom stereocenters. The smallest absolute Gasteiger partial charge is 0.340 e. The van der Waals surface area contributed by atoms with Crippen molar-refractivity contribution < 1.29 is 14.5 Å². The van der Waals surface area contributed by atoms with E-state index in [1.165, 1.54) is 12.1 Å². The number of esters is 1. The lowest BCUT2D eigenvalue weighted by Crippen LogP contribution is -2.09. The molecule has 0 aliphatic heterocycles. The molecule has 0 radical (unpaired) electrons. The molecule has 22 heavy (non-hydrogen) atoms. The summed E-state index contributed by atoms with van der Waals surface area (Å²) in [5.74, 6) is -0.783. The third kappa shape index (κ3) is 3.19. The fourth-order valence-corrected chi connectivity index (χ4v) is 1.81. The Bertz CT molecular complexity index is 781. The van der Waals surface area contributed by atoms with Crippen LogP contribution in [0.5, 0.6) is 0 Å². The van der Waals surface area contributed by atoms with Gasteiger partial charge in [-0.2, -0.15) is 5.26 Å². The van der Waals surface area contributed by atoms with Crippen LogP contribution in [0.25, 0.3) is 0 Å². The number of ether oxygens (including phenoxy) is 1. The predicted octanol–water partition coefficient (Wildman–Crippen LogP) is 2.41. The molecule has 2 rings (SSSR count). The van der Waals surface area contributed by atoms with Gasteiger partial charge >= 0.3 is 5.97 Å². The highest BCUT2D eigenvalue weighted by molar-refractivity contribution is 5.95. The topological polar surface area (TPSA) is 119 Å². The number of nitro groups is 1. The third-order valence-corrected chi connectivity index (χ3v) is 2.96. The lowest BCUT2D eigenvalue weighted by molar-refractivity contribution is -0.384. The molecule has 0 saturated heterocycles. The first-order valence-electron chi connectivity index (χ1n) is 6.22. The molecule has 0 aromatic heterocycles. The van der Waals surface area contributed by atoms with Crippen LogP contribution >= 0.6 is 0 Å². The van der Waals surface area contributed by atoms with Crippen molar-refractivity contribution in [3.63, 3.8) is 0 Å². The van der Waals surface area contributed by atoms with E-state index in [0.717, 1.165) is 6.07 Å². The molecule has 0 aliphatic rings. The van der Waals surface area contributed by atoms with Crippen LogP contribution in [0.2, 0.25) is 0 Å². The molecule has 2 aromatic rings. The molecule has 7 nitrogen and oxygen atoms in total. The van der Waals surface area contributed by atoms with Gasteiger partial charge in [-0.3, -0.25) is 10.1 Å². The van der Waals surface area contributed by atoms with Crippen LogP contribution < -0.4 is 5.73 Å². The van der Waals surface area contributed by atoms with Crippen LogP contribution in [0.15, 0.2) is 42.5 Å². The second kappa shape index (κ2) is 6.37. The zero-order chi connectivity index (χ0) is 16.1. The highest BCUT2D eigenvalue weighted by Gasteiger charge is 2.17. The highest BCUT2D eigenvalue weighted by Crippen LogP contribution is 2.21. The lowest BCUT2D eigenvalue weighted by Gasteiger charge is -2.08. The van der Waals surface area contributed by atoms with Crippen LogP contribution in [0.3, 0.4) is 0 Å². The largest absolute Gasteiger partial charge is 0.457 e. The summed E-state index contributed by atoms with van der Waals surface area (Å²) >= 11 is 0. The van der Waals surface area contributed by atoms with E-state index >= 15 is 0 Å². The highest BCUT2D eigenvalue weighted by atomic mass is 16.6. The Morgan fingerprint density at radius 2 is 2.05 bits per heavy atom. The minimum Gasteiger partial charge on any atom is -0.457 e. The molecule has 2 aromatic carbocycles. The van der Waals surface area contributed by atoms with E-state index < -0.39 is 10.9 Å². The summed E-state index contributed by atoms with van der Waals surface area (Å²) in [5.41, 5.74) is 6.33. The van der Waals surface area contributed by atoms with Crippen molar-refractivity contribution in [2.75, 3.05) is 5.73 Å².